The van der Waals surface area contributed by atoms with E-state index < -0.39 is 0 Å². The van der Waals surface area contributed by atoms with E-state index in [0.29, 0.717) is 0 Å². The van der Waals surface area contributed by atoms with Crippen LogP contribution in [0.25, 0.3) is 0 Å². The number of hydrogen-bond donors (Lipinski definition) is 1. The second-order valence-corrected chi connectivity index (χ2v) is 3.64. The summed E-state index contributed by atoms with van der Waals surface area (Å²) in [4.78, 5) is 2.11. The van der Waals surface area contributed by atoms with Gasteiger partial charge in [0.05, 0.1) is 5.69 Å². The number of hydrogen-bond acceptors (Lipinski definition) is 2. The Morgan fingerprint density at radius 3 is 2.64 bits per heavy atom. The molecule has 76 valence electrons. The lowest BCUT2D eigenvalue weighted by atomic mass is 10.1. The maximum Gasteiger partial charge on any atom is 0.146 e. The number of aryl methyl sites for hydroxylation is 1. The minimum atomic E-state index is -0.105. The van der Waals surface area contributed by atoms with Crippen LogP contribution >= 0.6 is 0 Å². The number of nitrogens with one attached hydrogen (secondary N) is 1. The molecule has 0 amide bonds. The van der Waals surface area contributed by atoms with Gasteiger partial charge in [-0.15, -0.1) is 0 Å². The monoisotopic (exact) mass is 194 g/mol. The molecule has 2 nitrogen and oxygen atoms in total. The van der Waals surface area contributed by atoms with E-state index in [-0.39, 0.29) is 5.82 Å². The fourth-order valence-corrected chi connectivity index (χ4v) is 1.91. The van der Waals surface area contributed by atoms with Crippen LogP contribution in [0.15, 0.2) is 18.2 Å². The zero-order chi connectivity index (χ0) is 9.97. The Labute approximate surface area is 83.7 Å². The van der Waals surface area contributed by atoms with Crippen LogP contribution in [-0.2, 0) is 0 Å². The van der Waals surface area contributed by atoms with Crippen molar-refractivity contribution >= 4 is 5.69 Å². The minimum absolute atomic E-state index is 0.105. The van der Waals surface area contributed by atoms with Gasteiger partial charge in [-0.1, -0.05) is 12.1 Å². The van der Waals surface area contributed by atoms with Crippen molar-refractivity contribution in [2.24, 2.45) is 0 Å². The lowest BCUT2D eigenvalue weighted by Crippen LogP contribution is -2.44. The SMILES string of the molecule is Cc1cccc(F)c1N1CCNCC1. The molecule has 1 saturated heterocycles. The van der Waals surface area contributed by atoms with E-state index in [1.165, 1.54) is 6.07 Å². The molecule has 0 radical (unpaired) electrons. The van der Waals surface area contributed by atoms with Crippen LogP contribution in [0.5, 0.6) is 0 Å². The molecule has 14 heavy (non-hydrogen) atoms. The molecule has 2 rings (SSSR count). The van der Waals surface area contributed by atoms with Crippen molar-refractivity contribution in [1.29, 1.82) is 0 Å². The van der Waals surface area contributed by atoms with E-state index in [0.717, 1.165) is 37.4 Å². The van der Waals surface area contributed by atoms with Gasteiger partial charge in [0.15, 0.2) is 0 Å². The first-order chi connectivity index (χ1) is 6.79. The highest BCUT2D eigenvalue weighted by molar-refractivity contribution is 5.54. The Kier molecular flexibility index (Phi) is 2.68. The third-order valence-corrected chi connectivity index (χ3v) is 2.62. The first-order valence-electron chi connectivity index (χ1n) is 5.00. The average molecular weight is 194 g/mol. The van der Waals surface area contributed by atoms with Crippen LogP contribution in [0.2, 0.25) is 0 Å². The quantitative estimate of drug-likeness (QED) is 0.729. The van der Waals surface area contributed by atoms with Crippen LogP contribution in [0.4, 0.5) is 10.1 Å². The summed E-state index contributed by atoms with van der Waals surface area (Å²) in [5.41, 5.74) is 1.79. The summed E-state index contributed by atoms with van der Waals surface area (Å²) in [6.07, 6.45) is 0. The van der Waals surface area contributed by atoms with Crippen molar-refractivity contribution in [2.45, 2.75) is 6.92 Å². The van der Waals surface area contributed by atoms with Crippen LogP contribution in [0, 0.1) is 12.7 Å². The Bertz CT molecular complexity index is 299. The van der Waals surface area contributed by atoms with E-state index in [1.54, 1.807) is 6.07 Å². The number of halogens is 1. The average Bonchev–Trinajstić information content (AvgIpc) is 2.19. The molecular formula is C11H15FN2. The van der Waals surface area contributed by atoms with Crippen LogP contribution < -0.4 is 10.2 Å². The Morgan fingerprint density at radius 2 is 2.00 bits per heavy atom. The third kappa shape index (κ3) is 1.73. The van der Waals surface area contributed by atoms with E-state index in [9.17, 15) is 4.39 Å². The molecule has 1 aromatic rings. The largest absolute Gasteiger partial charge is 0.366 e. The summed E-state index contributed by atoms with van der Waals surface area (Å²) in [5.74, 6) is -0.105. The number of benzene rings is 1. The maximum absolute atomic E-state index is 13.6. The van der Waals surface area contributed by atoms with Gasteiger partial charge >= 0.3 is 0 Å². The van der Waals surface area contributed by atoms with Gasteiger partial charge in [-0.05, 0) is 18.6 Å². The van der Waals surface area contributed by atoms with Gasteiger partial charge in [0.1, 0.15) is 5.82 Å². The first-order valence-corrected chi connectivity index (χ1v) is 5.00. The minimum Gasteiger partial charge on any atom is -0.366 e. The molecule has 0 unspecified atom stereocenters. The van der Waals surface area contributed by atoms with Crippen molar-refractivity contribution in [3.05, 3.63) is 29.6 Å². The molecule has 0 saturated carbocycles. The zero-order valence-electron chi connectivity index (χ0n) is 8.39. The first kappa shape index (κ1) is 9.46. The van der Waals surface area contributed by atoms with Crippen LogP contribution in [0.1, 0.15) is 5.56 Å². The molecule has 0 aromatic heterocycles. The van der Waals surface area contributed by atoms with Crippen molar-refractivity contribution in [2.75, 3.05) is 31.1 Å². The molecule has 1 N–H and O–H groups in total. The topological polar surface area (TPSA) is 15.3 Å². The van der Waals surface area contributed by atoms with Gasteiger partial charge < -0.3 is 10.2 Å². The molecular weight excluding hydrogens is 179 g/mol. The summed E-state index contributed by atoms with van der Waals surface area (Å²) in [5, 5.41) is 3.26. The Morgan fingerprint density at radius 1 is 1.29 bits per heavy atom. The molecule has 0 aliphatic carbocycles. The lowest BCUT2D eigenvalue weighted by molar-refractivity contribution is 0.565. The summed E-state index contributed by atoms with van der Waals surface area (Å²) >= 11 is 0. The number of rotatable bonds is 1. The highest BCUT2D eigenvalue weighted by atomic mass is 19.1. The van der Waals surface area contributed by atoms with E-state index in [2.05, 4.69) is 10.2 Å². The van der Waals surface area contributed by atoms with Crippen molar-refractivity contribution in [3.63, 3.8) is 0 Å². The second-order valence-electron chi connectivity index (χ2n) is 3.64. The Balaban J connectivity index is 2.29. The van der Waals surface area contributed by atoms with Gasteiger partial charge in [0, 0.05) is 26.2 Å². The lowest BCUT2D eigenvalue weighted by Gasteiger charge is -2.30. The number of nitrogens with zero attached hydrogens (tertiary/aromatic N) is 1. The normalized spacial score (nSPS) is 17.1. The van der Waals surface area contributed by atoms with Gasteiger partial charge in [-0.25, -0.2) is 4.39 Å². The molecule has 0 atom stereocenters. The molecule has 1 aliphatic rings. The van der Waals surface area contributed by atoms with E-state index >= 15 is 0 Å². The summed E-state index contributed by atoms with van der Waals surface area (Å²) in [6, 6.07) is 5.25. The van der Waals surface area contributed by atoms with Crippen molar-refractivity contribution < 1.29 is 4.39 Å². The Hall–Kier alpha value is -1.09. The van der Waals surface area contributed by atoms with Crippen LogP contribution in [-0.4, -0.2) is 26.2 Å². The molecule has 1 fully saturated rings. The molecule has 1 aliphatic heterocycles. The van der Waals surface area contributed by atoms with Crippen LogP contribution in [0.3, 0.4) is 0 Å². The van der Waals surface area contributed by atoms with E-state index in [4.69, 9.17) is 0 Å². The predicted molar refractivity (Wildman–Crippen MR) is 56.2 cm³/mol. The molecule has 1 aromatic carbocycles. The number of piperazine rings is 1. The fraction of sp³-hybridized carbons (Fsp3) is 0.455. The highest BCUT2D eigenvalue weighted by Crippen LogP contribution is 2.23. The zero-order valence-corrected chi connectivity index (χ0v) is 8.39. The standard InChI is InChI=1S/C11H15FN2/c1-9-3-2-4-10(12)11(9)14-7-5-13-6-8-14/h2-4,13H,5-8H2,1H3. The van der Waals surface area contributed by atoms with Gasteiger partial charge in [0.25, 0.3) is 0 Å². The van der Waals surface area contributed by atoms with E-state index in [1.807, 2.05) is 13.0 Å². The molecule has 0 bridgehead atoms. The number of para-hydroxylation sites is 1. The predicted octanol–water partition coefficient (Wildman–Crippen LogP) is 1.54. The summed E-state index contributed by atoms with van der Waals surface area (Å²) in [6.45, 7) is 5.62. The molecule has 0 spiro atoms. The van der Waals surface area contributed by atoms with Crippen molar-refractivity contribution in [3.8, 4) is 0 Å². The van der Waals surface area contributed by atoms with Gasteiger partial charge in [-0.3, -0.25) is 0 Å². The summed E-state index contributed by atoms with van der Waals surface area (Å²) < 4.78 is 13.6. The molecule has 1 heterocycles. The van der Waals surface area contributed by atoms with Gasteiger partial charge in [-0.2, -0.15) is 0 Å². The van der Waals surface area contributed by atoms with Gasteiger partial charge in [0.2, 0.25) is 0 Å². The molecule has 3 heteroatoms. The third-order valence-electron chi connectivity index (χ3n) is 2.62. The maximum atomic E-state index is 13.6. The second kappa shape index (κ2) is 3.96. The smallest absolute Gasteiger partial charge is 0.146 e. The van der Waals surface area contributed by atoms with Crippen molar-refractivity contribution in [1.82, 2.24) is 5.32 Å². The highest BCUT2D eigenvalue weighted by Gasteiger charge is 2.15. The fourth-order valence-electron chi connectivity index (χ4n) is 1.91. The summed E-state index contributed by atoms with van der Waals surface area (Å²) in [7, 11) is 0. The number of anilines is 1.